The highest BCUT2D eigenvalue weighted by atomic mass is 16.6. The van der Waals surface area contributed by atoms with Crippen LogP contribution < -0.4 is 38.2 Å². The fraction of sp³-hybridized carbons (Fsp3) is 0.450. The predicted molar refractivity (Wildman–Crippen MR) is 115 cm³/mol. The molecule has 0 radical (unpaired) electrons. The van der Waals surface area contributed by atoms with Crippen molar-refractivity contribution in [2.45, 2.75) is 31.3 Å². The molecule has 0 saturated carbocycles. The molecule has 12 heteroatoms. The second-order valence-corrected chi connectivity index (χ2v) is 7.14. The number of amides is 2. The molecule has 2 amide bonds. The van der Waals surface area contributed by atoms with Crippen molar-refractivity contribution < 1.29 is 24.0 Å². The SMILES string of the molecule is COC(=O)[C@H](CCCNC(=N)N)NC(=O)[C@H](CC1=c2ccccc2=NC1)NC(=O)CON. The van der Waals surface area contributed by atoms with E-state index in [1.165, 1.54) is 7.11 Å². The van der Waals surface area contributed by atoms with Gasteiger partial charge in [0.2, 0.25) is 11.8 Å². The van der Waals surface area contributed by atoms with E-state index in [-0.39, 0.29) is 18.8 Å². The molecule has 2 atom stereocenters. The number of nitrogens with two attached hydrogens (primary N) is 2. The standard InChI is InChI=1S/C20H29N7O5/c1-31-19(30)15(7-4-8-24-20(21)22)27-18(29)16(26-17(28)11-32-23)9-12-10-25-14-6-3-2-5-13(12)14/h2-3,5-6,15-16H,4,7-11,23H2,1H3,(H,26,28)(H,27,29)(H4,21,22,24)/t15-,16-/m0/s1. The lowest BCUT2D eigenvalue weighted by molar-refractivity contribution is -0.145. The number of hydrogen-bond donors (Lipinski definition) is 6. The topological polar surface area (TPSA) is 194 Å². The number of nitrogens with zero attached hydrogens (tertiary/aromatic N) is 1. The van der Waals surface area contributed by atoms with Gasteiger partial charge in [-0.05, 0) is 24.5 Å². The molecular formula is C20H29N7O5. The van der Waals surface area contributed by atoms with E-state index in [1.807, 2.05) is 24.3 Å². The van der Waals surface area contributed by atoms with Crippen LogP contribution in [-0.4, -0.2) is 62.6 Å². The van der Waals surface area contributed by atoms with E-state index in [4.69, 9.17) is 21.8 Å². The van der Waals surface area contributed by atoms with Gasteiger partial charge in [-0.2, -0.15) is 0 Å². The van der Waals surface area contributed by atoms with Crippen LogP contribution in [0.1, 0.15) is 19.3 Å². The van der Waals surface area contributed by atoms with Crippen LogP contribution in [-0.2, 0) is 24.0 Å². The molecule has 0 fully saturated rings. The highest BCUT2D eigenvalue weighted by molar-refractivity contribution is 5.91. The molecule has 0 spiro atoms. The van der Waals surface area contributed by atoms with E-state index >= 15 is 0 Å². The quantitative estimate of drug-likeness (QED) is 0.0648. The maximum absolute atomic E-state index is 13.0. The number of ether oxygens (including phenoxy) is 1. The molecule has 0 aromatic heterocycles. The van der Waals surface area contributed by atoms with E-state index in [2.05, 4.69) is 25.8 Å². The number of fused-ring (bicyclic) bond motifs is 1. The summed E-state index contributed by atoms with van der Waals surface area (Å²) >= 11 is 0. The molecule has 174 valence electrons. The first-order valence-electron chi connectivity index (χ1n) is 10.0. The van der Waals surface area contributed by atoms with Crippen molar-refractivity contribution in [2.24, 2.45) is 16.6 Å². The van der Waals surface area contributed by atoms with Crippen molar-refractivity contribution in [3.05, 3.63) is 34.8 Å². The molecule has 1 heterocycles. The molecule has 8 N–H and O–H groups in total. The van der Waals surface area contributed by atoms with Crippen LogP contribution in [0.4, 0.5) is 0 Å². The largest absolute Gasteiger partial charge is 0.467 e. The van der Waals surface area contributed by atoms with E-state index < -0.39 is 36.5 Å². The van der Waals surface area contributed by atoms with Gasteiger partial charge in [-0.1, -0.05) is 18.2 Å². The van der Waals surface area contributed by atoms with Crippen molar-refractivity contribution in [2.75, 3.05) is 26.8 Å². The fourth-order valence-corrected chi connectivity index (χ4v) is 3.31. The van der Waals surface area contributed by atoms with E-state index in [1.54, 1.807) is 0 Å². The van der Waals surface area contributed by atoms with Crippen LogP contribution in [0, 0.1) is 5.41 Å². The van der Waals surface area contributed by atoms with Gasteiger partial charge < -0.3 is 26.4 Å². The molecule has 0 bridgehead atoms. The molecule has 1 aliphatic rings. The van der Waals surface area contributed by atoms with Crippen LogP contribution in [0.2, 0.25) is 0 Å². The van der Waals surface area contributed by atoms with E-state index in [0.29, 0.717) is 19.5 Å². The summed E-state index contributed by atoms with van der Waals surface area (Å²) in [4.78, 5) is 46.1. The molecule has 0 saturated heterocycles. The van der Waals surface area contributed by atoms with Crippen molar-refractivity contribution in [1.82, 2.24) is 16.0 Å². The number of esters is 1. The van der Waals surface area contributed by atoms with E-state index in [0.717, 1.165) is 16.1 Å². The maximum Gasteiger partial charge on any atom is 0.328 e. The number of para-hydroxylation sites is 1. The van der Waals surface area contributed by atoms with Crippen molar-refractivity contribution >= 4 is 29.3 Å². The summed E-state index contributed by atoms with van der Waals surface area (Å²) in [6.07, 6.45) is 0.893. The molecule has 0 aliphatic carbocycles. The summed E-state index contributed by atoms with van der Waals surface area (Å²) < 4.78 is 4.79. The number of hydrogen-bond acceptors (Lipinski definition) is 8. The first-order chi connectivity index (χ1) is 15.3. The molecular weight excluding hydrogens is 418 g/mol. The highest BCUT2D eigenvalue weighted by Crippen LogP contribution is 2.10. The average molecular weight is 447 g/mol. The maximum atomic E-state index is 13.0. The van der Waals surface area contributed by atoms with Gasteiger partial charge in [-0.3, -0.25) is 24.8 Å². The zero-order valence-electron chi connectivity index (χ0n) is 17.8. The number of guanidine groups is 1. The Morgan fingerprint density at radius 2 is 1.97 bits per heavy atom. The van der Waals surface area contributed by atoms with Gasteiger partial charge in [0.25, 0.3) is 0 Å². The second kappa shape index (κ2) is 12.4. The molecule has 32 heavy (non-hydrogen) atoms. The van der Waals surface area contributed by atoms with Crippen LogP contribution in [0.3, 0.4) is 0 Å². The van der Waals surface area contributed by atoms with Gasteiger partial charge >= 0.3 is 5.97 Å². The normalized spacial score (nSPS) is 13.9. The van der Waals surface area contributed by atoms with Crippen LogP contribution in [0.15, 0.2) is 29.3 Å². The molecule has 1 aromatic rings. The van der Waals surface area contributed by atoms with Crippen molar-refractivity contribution in [3.63, 3.8) is 0 Å². The highest BCUT2D eigenvalue weighted by Gasteiger charge is 2.28. The minimum Gasteiger partial charge on any atom is -0.467 e. The second-order valence-electron chi connectivity index (χ2n) is 7.14. The third-order valence-electron chi connectivity index (χ3n) is 4.83. The monoisotopic (exact) mass is 447 g/mol. The molecule has 1 aromatic carbocycles. The summed E-state index contributed by atoms with van der Waals surface area (Å²) in [6, 6.07) is 5.62. The molecule has 2 rings (SSSR count). The predicted octanol–water partition coefficient (Wildman–Crippen LogP) is -2.84. The Hall–Kier alpha value is -3.51. The first-order valence-corrected chi connectivity index (χ1v) is 10.0. The van der Waals surface area contributed by atoms with Gasteiger partial charge in [0.1, 0.15) is 18.7 Å². The van der Waals surface area contributed by atoms with Crippen LogP contribution >= 0.6 is 0 Å². The zero-order valence-corrected chi connectivity index (χ0v) is 17.8. The average Bonchev–Trinajstić information content (AvgIpc) is 3.17. The smallest absolute Gasteiger partial charge is 0.328 e. The summed E-state index contributed by atoms with van der Waals surface area (Å²) in [6.45, 7) is 0.337. The fourth-order valence-electron chi connectivity index (χ4n) is 3.31. The molecule has 0 unspecified atom stereocenters. The van der Waals surface area contributed by atoms with E-state index in [9.17, 15) is 14.4 Å². The Kier molecular flexibility index (Phi) is 9.57. The summed E-state index contributed by atoms with van der Waals surface area (Å²) in [5.41, 5.74) is 6.12. The minimum atomic E-state index is -0.975. The molecule has 1 aliphatic heterocycles. The number of nitrogens with one attached hydrogen (secondary N) is 4. The Bertz CT molecular complexity index is 965. The summed E-state index contributed by atoms with van der Waals surface area (Å²) in [5.74, 6) is 3.03. The number of benzene rings is 1. The summed E-state index contributed by atoms with van der Waals surface area (Å²) in [5, 5.41) is 16.8. The number of carbonyl (C=O) groups excluding carboxylic acids is 3. The van der Waals surface area contributed by atoms with Crippen molar-refractivity contribution in [1.29, 1.82) is 5.41 Å². The lowest BCUT2D eigenvalue weighted by atomic mass is 10.0. The van der Waals surface area contributed by atoms with Crippen molar-refractivity contribution in [3.8, 4) is 0 Å². The van der Waals surface area contributed by atoms with Gasteiger partial charge in [0.05, 0.1) is 19.0 Å². The van der Waals surface area contributed by atoms with Gasteiger partial charge in [-0.15, -0.1) is 0 Å². The Morgan fingerprint density at radius 3 is 2.66 bits per heavy atom. The van der Waals surface area contributed by atoms with Crippen LogP contribution in [0.25, 0.3) is 5.57 Å². The lowest BCUT2D eigenvalue weighted by Gasteiger charge is -2.22. The first kappa shape index (κ1) is 24.8. The Morgan fingerprint density at radius 1 is 1.22 bits per heavy atom. The third-order valence-corrected chi connectivity index (χ3v) is 4.83. The molecule has 12 nitrogen and oxygen atoms in total. The zero-order chi connectivity index (χ0) is 23.5. The van der Waals surface area contributed by atoms with Crippen LogP contribution in [0.5, 0.6) is 0 Å². The third kappa shape index (κ3) is 7.32. The van der Waals surface area contributed by atoms with Gasteiger partial charge in [-0.25, -0.2) is 10.7 Å². The summed E-state index contributed by atoms with van der Waals surface area (Å²) in [7, 11) is 1.22. The number of rotatable bonds is 12. The number of carbonyl (C=O) groups is 3. The van der Waals surface area contributed by atoms with Gasteiger partial charge in [0, 0.05) is 18.2 Å². The lowest BCUT2D eigenvalue weighted by Crippen LogP contribution is -2.53. The number of methoxy groups -OCH3 is 1. The Balaban J connectivity index is 2.15. The minimum absolute atomic E-state index is 0.187. The van der Waals surface area contributed by atoms with Gasteiger partial charge in [0.15, 0.2) is 5.96 Å². The Labute approximate surface area is 184 Å².